The molecule has 0 fully saturated rings. The molecule has 0 spiro atoms. The van der Waals surface area contributed by atoms with Gasteiger partial charge in [0.2, 0.25) is 0 Å². The Balaban J connectivity index is 2.46. The van der Waals surface area contributed by atoms with E-state index in [0.29, 0.717) is 15.3 Å². The summed E-state index contributed by atoms with van der Waals surface area (Å²) in [6.45, 7) is 4.70. The molecule has 0 aromatic heterocycles. The Hall–Kier alpha value is -2.24. The first kappa shape index (κ1) is 22.4. The first-order chi connectivity index (χ1) is 13.7. The number of fused-ring (bicyclic) bond motifs is 1. The highest BCUT2D eigenvalue weighted by Gasteiger charge is 2.56. The van der Waals surface area contributed by atoms with Crippen molar-refractivity contribution in [2.45, 2.75) is 33.1 Å². The van der Waals surface area contributed by atoms with E-state index in [4.69, 9.17) is 0 Å². The van der Waals surface area contributed by atoms with Crippen LogP contribution in [0.3, 0.4) is 0 Å². The van der Waals surface area contributed by atoms with Crippen molar-refractivity contribution in [3.05, 3.63) is 86.0 Å². The van der Waals surface area contributed by atoms with Gasteiger partial charge in [-0.3, -0.25) is 0 Å². The minimum Gasteiger partial charge on any atom is -0.157 e. The highest BCUT2D eigenvalue weighted by atomic mass is 79.9. The van der Waals surface area contributed by atoms with E-state index in [2.05, 4.69) is 21.7 Å². The minimum absolute atomic E-state index is 0.0478. The van der Waals surface area contributed by atoms with Gasteiger partial charge in [-0.1, -0.05) is 21.8 Å². The highest BCUT2D eigenvalue weighted by Crippen LogP contribution is 2.48. The molecule has 0 saturated carbocycles. The van der Waals surface area contributed by atoms with Gasteiger partial charge in [0.25, 0.3) is 0 Å². The lowest BCUT2D eigenvalue weighted by Gasteiger charge is -2.25. The number of benzene rings is 1. The summed E-state index contributed by atoms with van der Waals surface area (Å²) in [5.41, 5.74) is -0.199. The molecule has 2 aliphatic rings. The van der Waals surface area contributed by atoms with E-state index in [1.54, 1.807) is 51.5 Å². The molecule has 3 rings (SSSR count). The maximum absolute atomic E-state index is 13.9. The van der Waals surface area contributed by atoms with Crippen molar-refractivity contribution in [2.24, 2.45) is 5.41 Å². The quantitative estimate of drug-likeness (QED) is 0.299. The Morgan fingerprint density at radius 2 is 1.70 bits per heavy atom. The summed E-state index contributed by atoms with van der Waals surface area (Å²) in [5, 5.41) is 0.640. The fraction of sp³-hybridized carbons (Fsp3) is 0.261. The third kappa shape index (κ3) is 4.42. The molecule has 0 nitrogen and oxygen atoms in total. The van der Waals surface area contributed by atoms with Crippen LogP contribution < -0.4 is 10.4 Å². The summed E-state index contributed by atoms with van der Waals surface area (Å²) in [4.78, 5) is 0. The molecular formula is C23H17BrF6. The van der Waals surface area contributed by atoms with Crippen molar-refractivity contribution in [3.8, 4) is 0 Å². The predicted octanol–water partition coefficient (Wildman–Crippen LogP) is 6.27. The normalized spacial score (nSPS) is 16.9. The number of hydrogen-bond donors (Lipinski definition) is 0. The van der Waals surface area contributed by atoms with Crippen LogP contribution in [0.5, 0.6) is 0 Å². The van der Waals surface area contributed by atoms with E-state index in [-0.39, 0.29) is 10.8 Å². The van der Waals surface area contributed by atoms with E-state index in [1.807, 2.05) is 0 Å². The molecular weight excluding hydrogens is 470 g/mol. The molecule has 0 amide bonds. The van der Waals surface area contributed by atoms with E-state index in [1.165, 1.54) is 6.07 Å². The molecule has 7 heteroatoms. The van der Waals surface area contributed by atoms with Gasteiger partial charge in [-0.05, 0) is 20.8 Å². The van der Waals surface area contributed by atoms with Crippen LogP contribution in [0.15, 0.2) is 57.6 Å². The maximum Gasteiger partial charge on any atom is 0.456 e. The number of rotatable bonds is 0. The van der Waals surface area contributed by atoms with Crippen molar-refractivity contribution < 1.29 is 26.3 Å². The summed E-state index contributed by atoms with van der Waals surface area (Å²) in [7, 11) is 0. The molecule has 0 radical (unpaired) electrons. The second kappa shape index (κ2) is 7.47. The monoisotopic (exact) mass is 486 g/mol. The van der Waals surface area contributed by atoms with Crippen LogP contribution in [0.1, 0.15) is 26.3 Å². The Morgan fingerprint density at radius 1 is 1.03 bits per heavy atom. The van der Waals surface area contributed by atoms with Crippen LogP contribution in [-0.2, 0) is 0 Å². The summed E-state index contributed by atoms with van der Waals surface area (Å²) in [5.74, 6) is -1.35. The van der Waals surface area contributed by atoms with Gasteiger partial charge < -0.3 is 0 Å². The molecule has 30 heavy (non-hydrogen) atoms. The summed E-state index contributed by atoms with van der Waals surface area (Å²) >= 11 is 3.35. The third-order valence-corrected chi connectivity index (χ3v) is 5.44. The number of alkyl halides is 6. The summed E-state index contributed by atoms with van der Waals surface area (Å²) in [6.07, 6.45) is -1.62. The Labute approximate surface area is 178 Å². The number of halogens is 7. The molecule has 0 bridgehead atoms. The SMILES string of the molecule is CC(C)(C)C1=C[C+](C(F)(F)F)C(=C=c2ccc(Br)c3c2=CC=C[CH-]3)C(C(F)(F)F)=C1. The average Bonchev–Trinajstić information content (AvgIpc) is 2.61. The molecule has 0 N–H and O–H groups in total. The maximum atomic E-state index is 13.9. The largest absolute Gasteiger partial charge is 0.456 e. The topological polar surface area (TPSA) is 0 Å². The zero-order valence-electron chi connectivity index (χ0n) is 16.3. The molecule has 0 saturated heterocycles. The van der Waals surface area contributed by atoms with Gasteiger partial charge in [-0.15, -0.1) is 46.1 Å². The van der Waals surface area contributed by atoms with Crippen LogP contribution in [0.2, 0.25) is 0 Å². The molecule has 0 atom stereocenters. The molecule has 0 heterocycles. The Morgan fingerprint density at radius 3 is 2.27 bits per heavy atom. The van der Waals surface area contributed by atoms with Crippen molar-refractivity contribution in [3.63, 3.8) is 0 Å². The van der Waals surface area contributed by atoms with Crippen molar-refractivity contribution >= 4 is 27.7 Å². The highest BCUT2D eigenvalue weighted by molar-refractivity contribution is 9.10. The van der Waals surface area contributed by atoms with Crippen molar-refractivity contribution in [1.82, 2.24) is 0 Å². The summed E-state index contributed by atoms with van der Waals surface area (Å²) < 4.78 is 83.8. The zero-order chi connectivity index (χ0) is 22.5. The van der Waals surface area contributed by atoms with E-state index in [0.717, 1.165) is 12.2 Å². The molecule has 158 valence electrons. The van der Waals surface area contributed by atoms with Crippen LogP contribution in [0, 0.1) is 17.8 Å². The number of hydrogen-bond acceptors (Lipinski definition) is 0. The molecule has 0 unspecified atom stereocenters. The smallest absolute Gasteiger partial charge is 0.157 e. The van der Waals surface area contributed by atoms with Gasteiger partial charge in [-0.25, -0.2) is 0 Å². The summed E-state index contributed by atoms with van der Waals surface area (Å²) in [6, 6.07) is 3.03. The van der Waals surface area contributed by atoms with Gasteiger partial charge in [0, 0.05) is 34.1 Å². The van der Waals surface area contributed by atoms with Gasteiger partial charge in [-0.2, -0.15) is 26.3 Å². The van der Waals surface area contributed by atoms with Crippen molar-refractivity contribution in [2.75, 3.05) is 0 Å². The number of allylic oxidation sites excluding steroid dienone is 7. The Kier molecular flexibility index (Phi) is 5.59. The lowest BCUT2D eigenvalue weighted by molar-refractivity contribution is -0.109. The molecule has 2 aliphatic carbocycles. The lowest BCUT2D eigenvalue weighted by atomic mass is 9.76. The van der Waals surface area contributed by atoms with Gasteiger partial charge >= 0.3 is 12.4 Å². The second-order valence-electron chi connectivity index (χ2n) is 7.96. The molecule has 1 aromatic rings. The minimum atomic E-state index is -4.98. The van der Waals surface area contributed by atoms with Gasteiger partial charge in [0.1, 0.15) is 0 Å². The Bertz CT molecular complexity index is 1110. The second-order valence-corrected chi connectivity index (χ2v) is 8.81. The molecule has 0 aliphatic heterocycles. The first-order valence-electron chi connectivity index (χ1n) is 8.97. The van der Waals surface area contributed by atoms with Gasteiger partial charge in [0.05, 0.1) is 0 Å². The standard InChI is InChI=1S/C23H17BrF6/c1-21(2,3)14-11-18(22(25,26)27)17(19(12-14)23(28,29)30)10-13-8-9-20(24)16-7-5-4-6-15(13)16/h4-9,11-12H,1-3H3. The lowest BCUT2D eigenvalue weighted by Crippen LogP contribution is -2.32. The van der Waals surface area contributed by atoms with Crippen LogP contribution >= 0.6 is 15.9 Å². The fourth-order valence-electron chi connectivity index (χ4n) is 3.16. The fourth-order valence-corrected chi connectivity index (χ4v) is 3.64. The van der Waals surface area contributed by atoms with Crippen LogP contribution in [0.4, 0.5) is 26.3 Å². The molecule has 1 aromatic carbocycles. The van der Waals surface area contributed by atoms with Crippen LogP contribution in [0.25, 0.3) is 11.8 Å². The van der Waals surface area contributed by atoms with E-state index < -0.39 is 34.8 Å². The van der Waals surface area contributed by atoms with Crippen LogP contribution in [-0.4, -0.2) is 12.4 Å². The van der Waals surface area contributed by atoms with E-state index in [9.17, 15) is 26.3 Å². The van der Waals surface area contributed by atoms with Gasteiger partial charge in [0.15, 0.2) is 17.1 Å². The predicted molar refractivity (Wildman–Crippen MR) is 108 cm³/mol. The first-order valence-corrected chi connectivity index (χ1v) is 9.76. The average molecular weight is 487 g/mol. The zero-order valence-corrected chi connectivity index (χ0v) is 17.9. The van der Waals surface area contributed by atoms with Crippen molar-refractivity contribution in [1.29, 1.82) is 0 Å². The van der Waals surface area contributed by atoms with E-state index >= 15 is 0 Å². The third-order valence-electron chi connectivity index (χ3n) is 4.75.